The van der Waals surface area contributed by atoms with Gasteiger partial charge in [0, 0.05) is 18.8 Å². The fourth-order valence-electron chi connectivity index (χ4n) is 5.95. The van der Waals surface area contributed by atoms with E-state index in [1.165, 1.54) is 28.6 Å². The minimum atomic E-state index is -4.01. The van der Waals surface area contributed by atoms with Gasteiger partial charge in [0.15, 0.2) is 6.29 Å². The summed E-state index contributed by atoms with van der Waals surface area (Å²) in [6, 6.07) is 22.9. The molecule has 2 aliphatic rings. The Hall–Kier alpha value is -4.21. The van der Waals surface area contributed by atoms with E-state index in [0.717, 1.165) is 11.1 Å². The van der Waals surface area contributed by atoms with Crippen molar-refractivity contribution in [2.45, 2.75) is 62.4 Å². The van der Waals surface area contributed by atoms with Crippen molar-refractivity contribution in [1.29, 1.82) is 0 Å². The van der Waals surface area contributed by atoms with Crippen molar-refractivity contribution in [2.75, 3.05) is 32.0 Å². The molecule has 0 bridgehead atoms. The second kappa shape index (κ2) is 16.5. The highest BCUT2D eigenvalue weighted by Crippen LogP contribution is 2.34. The summed E-state index contributed by atoms with van der Waals surface area (Å²) in [5, 5.41) is 17.1. The van der Waals surface area contributed by atoms with Crippen molar-refractivity contribution in [3.63, 3.8) is 0 Å². The van der Waals surface area contributed by atoms with E-state index in [4.69, 9.17) is 24.7 Å². The first-order chi connectivity index (χ1) is 23.5. The number of amides is 2. The van der Waals surface area contributed by atoms with Crippen LogP contribution in [0.2, 0.25) is 0 Å². The number of hydrogen-bond acceptors (Lipinski definition) is 10. The van der Waals surface area contributed by atoms with Crippen LogP contribution in [0, 0.1) is 11.8 Å². The highest BCUT2D eigenvalue weighted by atomic mass is 32.2. The number of rotatable bonds is 14. The van der Waals surface area contributed by atoms with Gasteiger partial charge in [0.25, 0.3) is 0 Å². The van der Waals surface area contributed by atoms with Crippen LogP contribution in [0.15, 0.2) is 89.8 Å². The number of aliphatic hydroxyl groups excluding tert-OH is 1. The summed E-state index contributed by atoms with van der Waals surface area (Å²) < 4.78 is 51.1. The Morgan fingerprint density at radius 2 is 1.55 bits per heavy atom. The van der Waals surface area contributed by atoms with Gasteiger partial charge >= 0.3 is 12.2 Å². The summed E-state index contributed by atoms with van der Waals surface area (Å²) >= 11 is 0. The third-order valence-electron chi connectivity index (χ3n) is 8.39. The van der Waals surface area contributed by atoms with Crippen LogP contribution in [-0.4, -0.2) is 86.9 Å². The summed E-state index contributed by atoms with van der Waals surface area (Å²) in [5.74, 6) is -0.554. The molecule has 13 nitrogen and oxygen atoms in total. The number of anilines is 1. The summed E-state index contributed by atoms with van der Waals surface area (Å²) in [7, 11) is -4.01. The lowest BCUT2D eigenvalue weighted by molar-refractivity contribution is -0.0908. The molecule has 14 heteroatoms. The zero-order valence-electron chi connectivity index (χ0n) is 27.5. The van der Waals surface area contributed by atoms with Crippen LogP contribution in [0.4, 0.5) is 15.3 Å². The molecule has 0 unspecified atom stereocenters. The molecule has 5 rings (SSSR count). The molecular weight excluding hydrogens is 652 g/mol. The Morgan fingerprint density at radius 3 is 2.20 bits per heavy atom. The average Bonchev–Trinajstić information content (AvgIpc) is 3.67. The first-order valence-electron chi connectivity index (χ1n) is 16.2. The number of alkyl carbamates (subject to hydrolysis) is 2. The van der Waals surface area contributed by atoms with Gasteiger partial charge in [-0.05, 0) is 47.7 Å². The number of carbonyl (C=O) groups is 2. The van der Waals surface area contributed by atoms with Crippen LogP contribution in [0.3, 0.4) is 0 Å². The number of carbonyl (C=O) groups excluding carboxylic acids is 2. The van der Waals surface area contributed by atoms with Gasteiger partial charge in [-0.1, -0.05) is 74.5 Å². The number of ether oxygens (including phenoxy) is 4. The molecule has 2 heterocycles. The minimum absolute atomic E-state index is 0.0356. The molecule has 0 spiro atoms. The second-order valence-electron chi connectivity index (χ2n) is 12.7. The van der Waals surface area contributed by atoms with E-state index in [2.05, 4.69) is 10.6 Å². The number of fused-ring (bicyclic) bond motifs is 1. The molecule has 3 aromatic rings. The van der Waals surface area contributed by atoms with E-state index in [0.29, 0.717) is 5.69 Å². The predicted octanol–water partition coefficient (Wildman–Crippen LogP) is 3.28. The molecule has 264 valence electrons. The molecule has 5 N–H and O–H groups in total. The van der Waals surface area contributed by atoms with Gasteiger partial charge in [-0.25, -0.2) is 18.0 Å². The van der Waals surface area contributed by atoms with Gasteiger partial charge in [-0.15, -0.1) is 0 Å². The topological polar surface area (TPSA) is 179 Å². The van der Waals surface area contributed by atoms with Crippen molar-refractivity contribution >= 4 is 27.9 Å². The second-order valence-corrected chi connectivity index (χ2v) is 14.6. The van der Waals surface area contributed by atoms with Crippen molar-refractivity contribution in [3.05, 3.63) is 96.1 Å². The monoisotopic (exact) mass is 696 g/mol. The van der Waals surface area contributed by atoms with Crippen LogP contribution in [-0.2, 0) is 42.0 Å². The standard InChI is InChI=1S/C35H44N4O9S/c1-23(2)18-39(49(43,44)27-15-13-26(36)14-16-27)19-30(40)28(17-24-9-5-3-6-10-24)37-35(42)48-31-22-46-33-32(31)29(21-45-33)38-34(41)47-20-25-11-7-4-8-12-25/h3-16,23,28-33,40H,17-22,36H2,1-2H3,(H,37,42)(H,38,41)/t28-,29-,30+,31-,32-,33+/m0/s1. The maximum Gasteiger partial charge on any atom is 0.407 e. The summed E-state index contributed by atoms with van der Waals surface area (Å²) in [6.45, 7) is 3.87. The largest absolute Gasteiger partial charge is 0.445 e. The molecule has 0 radical (unpaired) electrons. The highest BCUT2D eigenvalue weighted by Gasteiger charge is 2.51. The average molecular weight is 697 g/mol. The fraction of sp³-hybridized carbons (Fsp3) is 0.429. The molecule has 0 aromatic heterocycles. The van der Waals surface area contributed by atoms with Gasteiger partial charge in [-0.3, -0.25) is 0 Å². The lowest BCUT2D eigenvalue weighted by Crippen LogP contribution is -2.52. The van der Waals surface area contributed by atoms with E-state index < -0.39 is 58.7 Å². The van der Waals surface area contributed by atoms with Crippen molar-refractivity contribution in [3.8, 4) is 0 Å². The Bertz CT molecular complexity index is 1630. The minimum Gasteiger partial charge on any atom is -0.445 e. The van der Waals surface area contributed by atoms with E-state index in [9.17, 15) is 23.1 Å². The molecule has 2 fully saturated rings. The van der Waals surface area contributed by atoms with E-state index in [-0.39, 0.29) is 50.1 Å². The number of sulfonamides is 1. The third kappa shape index (κ3) is 9.70. The molecule has 0 aliphatic carbocycles. The summed E-state index contributed by atoms with van der Waals surface area (Å²) in [5.41, 5.74) is 7.85. The molecule has 49 heavy (non-hydrogen) atoms. The van der Waals surface area contributed by atoms with Crippen LogP contribution in [0.1, 0.15) is 25.0 Å². The van der Waals surface area contributed by atoms with Crippen molar-refractivity contribution < 1.29 is 42.1 Å². The number of benzene rings is 3. The molecule has 2 saturated heterocycles. The van der Waals surface area contributed by atoms with E-state index >= 15 is 0 Å². The van der Waals surface area contributed by atoms with Crippen LogP contribution in [0.5, 0.6) is 0 Å². The maximum absolute atomic E-state index is 13.7. The quantitative estimate of drug-likeness (QED) is 0.183. The third-order valence-corrected chi connectivity index (χ3v) is 10.2. The first kappa shape index (κ1) is 36.1. The normalized spacial score (nSPS) is 21.6. The lowest BCUT2D eigenvalue weighted by Gasteiger charge is -2.31. The van der Waals surface area contributed by atoms with Gasteiger partial charge in [-0.2, -0.15) is 4.31 Å². The number of nitrogens with two attached hydrogens (primary N) is 1. The van der Waals surface area contributed by atoms with Crippen LogP contribution >= 0.6 is 0 Å². The van der Waals surface area contributed by atoms with E-state index in [1.54, 1.807) is 0 Å². The Balaban J connectivity index is 1.25. The van der Waals surface area contributed by atoms with E-state index in [1.807, 2.05) is 74.5 Å². The molecule has 6 atom stereocenters. The number of nitrogen functional groups attached to an aromatic ring is 1. The van der Waals surface area contributed by atoms with Crippen molar-refractivity contribution in [2.24, 2.45) is 11.8 Å². The molecule has 0 saturated carbocycles. The molecular formula is C35H44N4O9S. The molecule has 2 amide bonds. The SMILES string of the molecule is CC(C)CN(C[C@@H](O)[C@H](Cc1ccccc1)NC(=O)O[C@H]1CO[C@H]2OC[C@H](NC(=O)OCc3ccccc3)[C@H]21)S(=O)(=O)c1ccc(N)cc1. The number of nitrogens with one attached hydrogen (secondary N) is 2. The van der Waals surface area contributed by atoms with Gasteiger partial charge in [0.1, 0.15) is 12.7 Å². The highest BCUT2D eigenvalue weighted by molar-refractivity contribution is 7.89. The van der Waals surface area contributed by atoms with Gasteiger partial charge in [0.2, 0.25) is 10.0 Å². The predicted molar refractivity (Wildman–Crippen MR) is 181 cm³/mol. The number of aliphatic hydroxyl groups is 1. The summed E-state index contributed by atoms with van der Waals surface area (Å²) in [6.07, 6.45) is -4.05. The Morgan fingerprint density at radius 1 is 0.918 bits per heavy atom. The number of nitrogens with zero attached hydrogens (tertiary/aromatic N) is 1. The number of hydrogen-bond donors (Lipinski definition) is 4. The smallest absolute Gasteiger partial charge is 0.407 e. The first-order valence-corrected chi connectivity index (χ1v) is 17.7. The fourth-order valence-corrected chi connectivity index (χ4v) is 7.57. The lowest BCUT2D eigenvalue weighted by atomic mass is 9.98. The van der Waals surface area contributed by atoms with Gasteiger partial charge < -0.3 is 40.4 Å². The molecule has 2 aliphatic heterocycles. The van der Waals surface area contributed by atoms with Crippen molar-refractivity contribution in [1.82, 2.24) is 14.9 Å². The zero-order chi connectivity index (χ0) is 35.0. The zero-order valence-corrected chi connectivity index (χ0v) is 28.3. The van der Waals surface area contributed by atoms with Crippen LogP contribution in [0.25, 0.3) is 0 Å². The summed E-state index contributed by atoms with van der Waals surface area (Å²) in [4.78, 5) is 26.0. The Labute approximate surface area is 286 Å². The molecule has 3 aromatic carbocycles. The van der Waals surface area contributed by atoms with Crippen LogP contribution < -0.4 is 16.4 Å². The van der Waals surface area contributed by atoms with Gasteiger partial charge in [0.05, 0.1) is 42.2 Å². The Kier molecular flexibility index (Phi) is 12.1. The maximum atomic E-state index is 13.7.